The van der Waals surface area contributed by atoms with Gasteiger partial charge < -0.3 is 0 Å². The monoisotopic (exact) mass is 514 g/mol. The number of hydrogen-bond acceptors (Lipinski definition) is 6. The Morgan fingerprint density at radius 2 is 0.657 bits per heavy atom. The second-order valence-corrected chi connectivity index (χ2v) is 14.9. The van der Waals surface area contributed by atoms with Crippen molar-refractivity contribution >= 4 is 8.56 Å². The normalized spacial score (nSPS) is 28.3. The summed E-state index contributed by atoms with van der Waals surface area (Å²) in [6.45, 7) is 4.23. The Hall–Kier alpha value is -0.0231. The molecule has 0 amide bonds. The number of rotatable bonds is 2. The minimum atomic E-state index is -2.71. The highest BCUT2D eigenvalue weighted by Gasteiger charge is 2.49. The first kappa shape index (κ1) is 29.5. The summed E-state index contributed by atoms with van der Waals surface area (Å²) in [6, 6.07) is 1.52. The van der Waals surface area contributed by atoms with E-state index < -0.39 is 20.1 Å². The molecule has 0 N–H and O–H groups in total. The van der Waals surface area contributed by atoms with Crippen molar-refractivity contribution in [2.45, 2.75) is 179 Å². The molecule has 6 nitrogen and oxygen atoms in total. The lowest BCUT2D eigenvalue weighted by molar-refractivity contribution is -0.552. The van der Waals surface area contributed by atoms with Crippen LogP contribution >= 0.6 is 0 Å². The van der Waals surface area contributed by atoms with Gasteiger partial charge >= 0.3 is 8.56 Å². The molecule has 0 atom stereocenters. The molecule has 2 aliphatic carbocycles. The van der Waals surface area contributed by atoms with Gasteiger partial charge in [0.25, 0.3) is 0 Å². The molecule has 3 fully saturated rings. The molecule has 1 saturated heterocycles. The van der Waals surface area contributed by atoms with Crippen molar-refractivity contribution in [3.63, 3.8) is 0 Å². The molecule has 2 spiro atoms. The second-order valence-electron chi connectivity index (χ2n) is 11.3. The lowest BCUT2D eigenvalue weighted by Gasteiger charge is -2.35. The maximum Gasteiger partial charge on any atom is 0.409 e. The Morgan fingerprint density at radius 1 is 0.400 bits per heavy atom. The fourth-order valence-corrected chi connectivity index (χ4v) is 7.23. The molecule has 2 saturated carbocycles. The first-order valence-corrected chi connectivity index (χ1v) is 17.5. The smallest absolute Gasteiger partial charge is 0.245 e. The fourth-order valence-electron chi connectivity index (χ4n) is 5.62. The summed E-state index contributed by atoms with van der Waals surface area (Å²) in [5, 5.41) is 0. The zero-order valence-corrected chi connectivity index (χ0v) is 23.9. The summed E-state index contributed by atoms with van der Waals surface area (Å²) in [4.78, 5) is 25.3. The summed E-state index contributed by atoms with van der Waals surface area (Å²) >= 11 is 0. The van der Waals surface area contributed by atoms with Crippen molar-refractivity contribution < 1.29 is 28.7 Å². The SMILES string of the molecule is CC[Si]1(CC)OOC2(CCCCCCCCCCC2)OOC2(CCCCCCCCCCC2)OO1. The van der Waals surface area contributed by atoms with Crippen LogP contribution in [0.1, 0.15) is 155 Å². The van der Waals surface area contributed by atoms with Gasteiger partial charge in [0.05, 0.1) is 0 Å². The minimum absolute atomic E-state index is 0.760. The molecule has 1 heterocycles. The van der Waals surface area contributed by atoms with E-state index >= 15 is 0 Å². The van der Waals surface area contributed by atoms with Crippen molar-refractivity contribution in [3.05, 3.63) is 0 Å². The minimum Gasteiger partial charge on any atom is -0.245 e. The molecule has 7 heteroatoms. The first-order valence-electron chi connectivity index (χ1n) is 15.3. The lowest BCUT2D eigenvalue weighted by atomic mass is 9.97. The van der Waals surface area contributed by atoms with E-state index in [1.165, 1.54) is 89.9 Å². The Bertz CT molecular complexity index is 488. The van der Waals surface area contributed by atoms with Gasteiger partial charge in [0.15, 0.2) is 0 Å². The van der Waals surface area contributed by atoms with Crippen molar-refractivity contribution in [2.24, 2.45) is 0 Å². The Kier molecular flexibility index (Phi) is 13.5. The van der Waals surface area contributed by atoms with Gasteiger partial charge in [-0.3, -0.25) is 0 Å². The van der Waals surface area contributed by atoms with Crippen LogP contribution in [0, 0.1) is 0 Å². The van der Waals surface area contributed by atoms with Crippen LogP contribution in [0.4, 0.5) is 0 Å². The highest BCUT2D eigenvalue weighted by atomic mass is 28.4. The van der Waals surface area contributed by atoms with E-state index in [1.54, 1.807) is 0 Å². The number of hydrogen-bond donors (Lipinski definition) is 0. The van der Waals surface area contributed by atoms with Gasteiger partial charge in [0, 0.05) is 25.7 Å². The largest absolute Gasteiger partial charge is 0.409 e. The van der Waals surface area contributed by atoms with Crippen LogP contribution in [0.2, 0.25) is 12.1 Å². The summed E-state index contributed by atoms with van der Waals surface area (Å²) in [5.41, 5.74) is 0. The van der Waals surface area contributed by atoms with Gasteiger partial charge in [-0.05, 0) is 37.8 Å². The van der Waals surface area contributed by atoms with Crippen molar-refractivity contribution in [1.29, 1.82) is 0 Å². The molecule has 0 unspecified atom stereocenters. The summed E-state index contributed by atoms with van der Waals surface area (Å²) in [6.07, 6.45) is 25.2. The van der Waals surface area contributed by atoms with E-state index in [4.69, 9.17) is 28.7 Å². The Balaban J connectivity index is 1.81. The highest BCUT2D eigenvalue weighted by molar-refractivity contribution is 6.66. The zero-order chi connectivity index (χ0) is 24.7. The maximum absolute atomic E-state index is 6.37. The molecule has 206 valence electrons. The predicted molar refractivity (Wildman–Crippen MR) is 140 cm³/mol. The van der Waals surface area contributed by atoms with E-state index in [2.05, 4.69) is 13.8 Å². The van der Waals surface area contributed by atoms with Gasteiger partial charge in [0.1, 0.15) is 0 Å². The molecule has 0 radical (unpaired) electrons. The quantitative estimate of drug-likeness (QED) is 0.270. The average Bonchev–Trinajstić information content (AvgIpc) is 2.92. The van der Waals surface area contributed by atoms with Gasteiger partial charge in [0.2, 0.25) is 11.6 Å². The molecular weight excluding hydrogens is 460 g/mol. The van der Waals surface area contributed by atoms with Crippen molar-refractivity contribution in [1.82, 2.24) is 0 Å². The third-order valence-corrected chi connectivity index (χ3v) is 11.3. The van der Waals surface area contributed by atoms with Gasteiger partial charge in [-0.25, -0.2) is 18.9 Å². The average molecular weight is 515 g/mol. The van der Waals surface area contributed by atoms with Crippen LogP contribution in [0.25, 0.3) is 0 Å². The topological polar surface area (TPSA) is 55.4 Å². The molecule has 3 aliphatic rings. The van der Waals surface area contributed by atoms with Crippen molar-refractivity contribution in [2.75, 3.05) is 0 Å². The molecule has 35 heavy (non-hydrogen) atoms. The molecule has 0 aromatic rings. The molecule has 0 aromatic heterocycles. The molecular formula is C28H54O6Si. The lowest BCUT2D eigenvalue weighted by Crippen LogP contribution is -2.45. The fraction of sp³-hybridized carbons (Fsp3) is 1.00. The standard InChI is InChI=1S/C28H54O6Si/c1-3-35(4-2)33-31-27(23-19-15-11-7-5-8-12-16-20-24-27)29-30-28(32-34-35)25-21-17-13-9-6-10-14-18-22-26-28/h3-26H2,1-2H3. The van der Waals surface area contributed by atoms with Crippen LogP contribution in [0.15, 0.2) is 0 Å². The van der Waals surface area contributed by atoms with Gasteiger partial charge in [-0.2, -0.15) is 9.78 Å². The van der Waals surface area contributed by atoms with E-state index in [-0.39, 0.29) is 0 Å². The molecule has 1 aliphatic heterocycles. The Labute approximate surface area is 216 Å². The van der Waals surface area contributed by atoms with E-state index in [0.29, 0.717) is 0 Å². The van der Waals surface area contributed by atoms with Crippen LogP contribution in [-0.2, 0) is 28.7 Å². The third kappa shape index (κ3) is 9.99. The summed E-state index contributed by atoms with van der Waals surface area (Å²) < 4.78 is 12.4. The zero-order valence-electron chi connectivity index (χ0n) is 22.9. The molecule has 0 bridgehead atoms. The summed E-state index contributed by atoms with van der Waals surface area (Å²) in [7, 11) is -2.71. The third-order valence-electron chi connectivity index (χ3n) is 8.34. The molecule has 0 aromatic carbocycles. The van der Waals surface area contributed by atoms with Crippen LogP contribution < -0.4 is 0 Å². The first-order chi connectivity index (χ1) is 17.2. The van der Waals surface area contributed by atoms with Crippen LogP contribution in [0.3, 0.4) is 0 Å². The van der Waals surface area contributed by atoms with E-state index in [0.717, 1.165) is 63.5 Å². The molecule has 3 rings (SSSR count). The predicted octanol–water partition coefficient (Wildman–Crippen LogP) is 9.33. The van der Waals surface area contributed by atoms with E-state index in [9.17, 15) is 0 Å². The van der Waals surface area contributed by atoms with Crippen LogP contribution in [-0.4, -0.2) is 20.1 Å². The maximum atomic E-state index is 6.37. The second kappa shape index (κ2) is 16.1. The van der Waals surface area contributed by atoms with Gasteiger partial charge in [-0.15, -0.1) is 0 Å². The van der Waals surface area contributed by atoms with Crippen molar-refractivity contribution in [3.8, 4) is 0 Å². The van der Waals surface area contributed by atoms with E-state index in [1.807, 2.05) is 0 Å². The summed E-state index contributed by atoms with van der Waals surface area (Å²) in [5.74, 6) is -1.79. The van der Waals surface area contributed by atoms with Crippen LogP contribution in [0.5, 0.6) is 0 Å². The highest BCUT2D eigenvalue weighted by Crippen LogP contribution is 2.39. The Morgan fingerprint density at radius 3 is 0.914 bits per heavy atom. The van der Waals surface area contributed by atoms with Gasteiger partial charge in [-0.1, -0.05) is 104 Å².